The van der Waals surface area contributed by atoms with Crippen molar-refractivity contribution in [1.82, 2.24) is 0 Å². The Kier molecular flexibility index (Phi) is 7.86. The Morgan fingerprint density at radius 3 is 2.47 bits per heavy atom. The quantitative estimate of drug-likeness (QED) is 0.455. The zero-order chi connectivity index (χ0) is 21.5. The summed E-state index contributed by atoms with van der Waals surface area (Å²) in [4.78, 5) is 0. The summed E-state index contributed by atoms with van der Waals surface area (Å²) in [5, 5.41) is 10.3. The van der Waals surface area contributed by atoms with Crippen LogP contribution in [-0.4, -0.2) is 24.4 Å². The number of hydrogen-bond donors (Lipinski definition) is 2. The van der Waals surface area contributed by atoms with E-state index in [1.165, 1.54) is 0 Å². The van der Waals surface area contributed by atoms with Gasteiger partial charge in [0, 0.05) is 28.6 Å². The van der Waals surface area contributed by atoms with Gasteiger partial charge in [-0.2, -0.15) is 0 Å². The van der Waals surface area contributed by atoms with E-state index < -0.39 is 11.9 Å². The van der Waals surface area contributed by atoms with Gasteiger partial charge in [0.15, 0.2) is 11.6 Å². The van der Waals surface area contributed by atoms with Crippen molar-refractivity contribution in [3.8, 4) is 16.9 Å². The van der Waals surface area contributed by atoms with E-state index in [9.17, 15) is 5.11 Å². The van der Waals surface area contributed by atoms with Gasteiger partial charge < -0.3 is 15.6 Å². The van der Waals surface area contributed by atoms with Crippen LogP contribution in [0.25, 0.3) is 11.1 Å². The number of nitrogens with two attached hydrogens (primary N) is 1. The van der Waals surface area contributed by atoms with Crippen LogP contribution in [-0.2, 0) is 0 Å². The van der Waals surface area contributed by atoms with Gasteiger partial charge in [0.05, 0.1) is 6.10 Å². The zero-order valence-corrected chi connectivity index (χ0v) is 17.8. The Morgan fingerprint density at radius 2 is 1.77 bits per heavy atom. The second-order valence-corrected chi connectivity index (χ2v) is 7.72. The molecular formula is C25H27ClFNO2. The molecule has 0 fully saturated rings. The minimum absolute atomic E-state index is 0.0195. The maximum atomic E-state index is 15.2. The van der Waals surface area contributed by atoms with Crippen molar-refractivity contribution in [2.75, 3.05) is 13.2 Å². The van der Waals surface area contributed by atoms with Crippen molar-refractivity contribution in [2.45, 2.75) is 31.8 Å². The number of aliphatic hydroxyl groups is 1. The van der Waals surface area contributed by atoms with Crippen molar-refractivity contribution < 1.29 is 14.2 Å². The smallest absolute Gasteiger partial charge is 0.172 e. The van der Waals surface area contributed by atoms with Gasteiger partial charge in [-0.05, 0) is 35.7 Å². The van der Waals surface area contributed by atoms with E-state index in [0.717, 1.165) is 17.5 Å². The Labute approximate surface area is 182 Å². The molecule has 3 nitrogen and oxygen atoms in total. The third kappa shape index (κ3) is 5.20. The fourth-order valence-corrected chi connectivity index (χ4v) is 3.77. The number of benzene rings is 3. The second kappa shape index (κ2) is 10.6. The van der Waals surface area contributed by atoms with Gasteiger partial charge in [-0.15, -0.1) is 0 Å². The first-order valence-corrected chi connectivity index (χ1v) is 10.6. The molecule has 0 aromatic heterocycles. The summed E-state index contributed by atoms with van der Waals surface area (Å²) in [7, 11) is 0. The van der Waals surface area contributed by atoms with Crippen molar-refractivity contribution in [3.63, 3.8) is 0 Å². The highest BCUT2D eigenvalue weighted by molar-refractivity contribution is 6.33. The largest absolute Gasteiger partial charge is 0.488 e. The van der Waals surface area contributed by atoms with Crippen LogP contribution in [0.3, 0.4) is 0 Å². The van der Waals surface area contributed by atoms with E-state index in [-0.39, 0.29) is 18.3 Å². The molecular weight excluding hydrogens is 401 g/mol. The molecule has 3 aromatic rings. The molecule has 0 radical (unpaired) electrons. The van der Waals surface area contributed by atoms with E-state index in [1.54, 1.807) is 24.3 Å². The van der Waals surface area contributed by atoms with E-state index in [2.05, 4.69) is 0 Å². The highest BCUT2D eigenvalue weighted by Gasteiger charge is 2.18. The molecule has 0 heterocycles. The first-order chi connectivity index (χ1) is 14.5. The van der Waals surface area contributed by atoms with Crippen LogP contribution in [0.4, 0.5) is 4.39 Å². The van der Waals surface area contributed by atoms with Crippen LogP contribution in [0.5, 0.6) is 5.75 Å². The SMILES string of the molecule is CCC[C@H](O)COc1cccc(-c2cc(C(CN)c3ccccc3)ccc2Cl)c1F. The minimum atomic E-state index is -0.624. The fraction of sp³-hybridized carbons (Fsp3) is 0.280. The van der Waals surface area contributed by atoms with Crippen LogP contribution >= 0.6 is 11.6 Å². The Hall–Kier alpha value is -2.40. The predicted molar refractivity (Wildman–Crippen MR) is 121 cm³/mol. The van der Waals surface area contributed by atoms with E-state index >= 15 is 4.39 Å². The first-order valence-electron chi connectivity index (χ1n) is 10.2. The second-order valence-electron chi connectivity index (χ2n) is 7.31. The van der Waals surface area contributed by atoms with Crippen LogP contribution < -0.4 is 10.5 Å². The molecule has 0 aliphatic carbocycles. The van der Waals surface area contributed by atoms with Gasteiger partial charge in [-0.3, -0.25) is 0 Å². The average molecular weight is 428 g/mol. The van der Waals surface area contributed by atoms with Gasteiger partial charge in [-0.1, -0.05) is 73.5 Å². The summed E-state index contributed by atoms with van der Waals surface area (Å²) < 4.78 is 20.8. The van der Waals surface area contributed by atoms with Crippen LogP contribution in [0.1, 0.15) is 36.8 Å². The Bertz CT molecular complexity index is 965. The number of halogens is 2. The summed E-state index contributed by atoms with van der Waals surface area (Å²) in [6.45, 7) is 2.45. The molecule has 0 spiro atoms. The standard InChI is InChI=1S/C25H27ClFNO2/c1-2-7-19(29)16-30-24-11-6-10-20(25(24)27)21-14-18(12-13-23(21)26)22(15-28)17-8-4-3-5-9-17/h3-6,8-14,19,22,29H,2,7,15-16,28H2,1H3/t19-,22?/m0/s1. The summed E-state index contributed by atoms with van der Waals surface area (Å²) >= 11 is 6.44. The maximum Gasteiger partial charge on any atom is 0.172 e. The molecule has 5 heteroatoms. The lowest BCUT2D eigenvalue weighted by atomic mass is 9.89. The molecule has 3 rings (SSSR count). The van der Waals surface area contributed by atoms with E-state index in [4.69, 9.17) is 22.1 Å². The number of hydrogen-bond acceptors (Lipinski definition) is 3. The summed E-state index contributed by atoms with van der Waals surface area (Å²) in [5.41, 5.74) is 9.06. The monoisotopic (exact) mass is 427 g/mol. The van der Waals surface area contributed by atoms with Crippen molar-refractivity contribution >= 4 is 11.6 Å². The molecule has 2 atom stereocenters. The molecule has 3 N–H and O–H groups in total. The molecule has 0 bridgehead atoms. The number of aliphatic hydroxyl groups excluding tert-OH is 1. The third-order valence-electron chi connectivity index (χ3n) is 5.14. The van der Waals surface area contributed by atoms with Gasteiger partial charge in [0.2, 0.25) is 0 Å². The number of rotatable bonds is 9. The van der Waals surface area contributed by atoms with Crippen LogP contribution in [0.15, 0.2) is 66.7 Å². The van der Waals surface area contributed by atoms with E-state index in [1.807, 2.05) is 49.4 Å². The number of ether oxygens (including phenoxy) is 1. The molecule has 0 aliphatic rings. The highest BCUT2D eigenvalue weighted by Crippen LogP contribution is 2.36. The summed E-state index contributed by atoms with van der Waals surface area (Å²) in [6, 6.07) is 20.5. The summed E-state index contributed by atoms with van der Waals surface area (Å²) in [5.74, 6) is -0.416. The van der Waals surface area contributed by atoms with E-state index in [0.29, 0.717) is 29.1 Å². The fourth-order valence-electron chi connectivity index (χ4n) is 3.55. The molecule has 0 saturated heterocycles. The third-order valence-corrected chi connectivity index (χ3v) is 5.47. The van der Waals surface area contributed by atoms with Gasteiger partial charge in [0.1, 0.15) is 6.61 Å². The van der Waals surface area contributed by atoms with Crippen LogP contribution in [0.2, 0.25) is 5.02 Å². The minimum Gasteiger partial charge on any atom is -0.488 e. The first kappa shape index (κ1) is 22.3. The molecule has 3 aromatic carbocycles. The van der Waals surface area contributed by atoms with Crippen molar-refractivity contribution in [2.24, 2.45) is 5.73 Å². The van der Waals surface area contributed by atoms with Gasteiger partial charge >= 0.3 is 0 Å². The lowest BCUT2D eigenvalue weighted by Gasteiger charge is -2.18. The summed E-state index contributed by atoms with van der Waals surface area (Å²) in [6.07, 6.45) is 0.815. The van der Waals surface area contributed by atoms with Crippen molar-refractivity contribution in [1.29, 1.82) is 0 Å². The van der Waals surface area contributed by atoms with Crippen LogP contribution in [0, 0.1) is 5.82 Å². The normalized spacial score (nSPS) is 13.1. The molecule has 1 unspecified atom stereocenters. The van der Waals surface area contributed by atoms with Gasteiger partial charge in [0.25, 0.3) is 0 Å². The Morgan fingerprint density at radius 1 is 1.00 bits per heavy atom. The molecule has 158 valence electrons. The predicted octanol–water partition coefficient (Wildman–Crippen LogP) is 5.78. The average Bonchev–Trinajstić information content (AvgIpc) is 2.76. The Balaban J connectivity index is 1.94. The molecule has 0 aliphatic heterocycles. The molecule has 0 amide bonds. The van der Waals surface area contributed by atoms with Gasteiger partial charge in [-0.25, -0.2) is 4.39 Å². The highest BCUT2D eigenvalue weighted by atomic mass is 35.5. The molecule has 0 saturated carbocycles. The van der Waals surface area contributed by atoms with Crippen molar-refractivity contribution in [3.05, 3.63) is 88.7 Å². The maximum absolute atomic E-state index is 15.2. The lowest BCUT2D eigenvalue weighted by Crippen LogP contribution is -2.17. The topological polar surface area (TPSA) is 55.5 Å². The zero-order valence-electron chi connectivity index (χ0n) is 17.0. The lowest BCUT2D eigenvalue weighted by molar-refractivity contribution is 0.0973. The molecule has 30 heavy (non-hydrogen) atoms.